The Bertz CT molecular complexity index is 1040. The van der Waals surface area contributed by atoms with E-state index in [1.807, 2.05) is 55.5 Å². The van der Waals surface area contributed by atoms with Gasteiger partial charge in [-0.1, -0.05) is 24.3 Å². The lowest BCUT2D eigenvalue weighted by molar-refractivity contribution is 0.471. The van der Waals surface area contributed by atoms with Crippen molar-refractivity contribution in [3.05, 3.63) is 90.1 Å². The molecule has 5 heteroatoms. The molecule has 0 bridgehead atoms. The molecule has 0 radical (unpaired) electrons. The minimum Gasteiger partial charge on any atom is -0.505 e. The van der Waals surface area contributed by atoms with Gasteiger partial charge in [0.15, 0.2) is 0 Å². The summed E-state index contributed by atoms with van der Waals surface area (Å²) in [6.45, 7) is 1.92. The van der Waals surface area contributed by atoms with Gasteiger partial charge in [0, 0.05) is 47.1 Å². The summed E-state index contributed by atoms with van der Waals surface area (Å²) >= 11 is 0. The normalized spacial score (nSPS) is 12.0. The number of hydrogen-bond acceptors (Lipinski definition) is 5. The highest BCUT2D eigenvalue weighted by molar-refractivity contribution is 5.86. The number of hydrogen-bond donors (Lipinski definition) is 2. The Morgan fingerprint density at radius 1 is 0.923 bits per heavy atom. The predicted molar refractivity (Wildman–Crippen MR) is 102 cm³/mol. The average molecular weight is 342 g/mol. The van der Waals surface area contributed by atoms with Crippen LogP contribution in [0.3, 0.4) is 0 Å². The van der Waals surface area contributed by atoms with Crippen LogP contribution in [0.5, 0.6) is 5.75 Å². The number of rotatable bonds is 4. The van der Waals surface area contributed by atoms with Gasteiger partial charge in [-0.2, -0.15) is 0 Å². The highest BCUT2D eigenvalue weighted by atomic mass is 16.3. The summed E-state index contributed by atoms with van der Waals surface area (Å²) in [5, 5.41) is 15.3. The van der Waals surface area contributed by atoms with Crippen molar-refractivity contribution in [1.29, 1.82) is 0 Å². The second-order valence-electron chi connectivity index (χ2n) is 6.13. The van der Waals surface area contributed by atoms with Crippen LogP contribution in [0.15, 0.2) is 73.3 Å². The van der Waals surface area contributed by atoms with E-state index in [-0.39, 0.29) is 11.8 Å². The lowest BCUT2D eigenvalue weighted by atomic mass is 9.97. The van der Waals surface area contributed by atoms with Crippen LogP contribution in [-0.2, 0) is 0 Å². The number of fused-ring (bicyclic) bond motifs is 1. The van der Waals surface area contributed by atoms with Gasteiger partial charge < -0.3 is 10.4 Å². The third-order valence-electron chi connectivity index (χ3n) is 4.33. The first kappa shape index (κ1) is 16.0. The molecule has 1 aromatic carbocycles. The minimum absolute atomic E-state index is 0.182. The number of nitrogens with zero attached hydrogens (tertiary/aromatic N) is 3. The molecule has 0 aliphatic rings. The fraction of sp³-hybridized carbons (Fsp3) is 0.0952. The zero-order chi connectivity index (χ0) is 17.9. The number of nitrogens with one attached hydrogen (secondary N) is 1. The van der Waals surface area contributed by atoms with E-state index in [0.717, 1.165) is 27.9 Å². The van der Waals surface area contributed by atoms with Crippen molar-refractivity contribution in [2.45, 2.75) is 13.0 Å². The Labute approximate surface area is 151 Å². The number of phenolic OH excluding ortho intramolecular Hbond substituents is 1. The van der Waals surface area contributed by atoms with Crippen molar-refractivity contribution in [2.75, 3.05) is 5.32 Å². The van der Waals surface area contributed by atoms with Crippen LogP contribution in [-0.4, -0.2) is 20.1 Å². The van der Waals surface area contributed by atoms with Crippen LogP contribution in [0, 0.1) is 6.92 Å². The molecule has 0 saturated heterocycles. The Balaban J connectivity index is 1.86. The maximum absolute atomic E-state index is 10.9. The van der Waals surface area contributed by atoms with Crippen LogP contribution >= 0.6 is 0 Å². The molecule has 0 spiro atoms. The predicted octanol–water partition coefficient (Wildman–Crippen LogP) is 4.24. The molecule has 0 aliphatic heterocycles. The van der Waals surface area contributed by atoms with E-state index in [9.17, 15) is 5.11 Å². The first-order valence-corrected chi connectivity index (χ1v) is 8.38. The van der Waals surface area contributed by atoms with E-state index >= 15 is 0 Å². The number of aromatic hydroxyl groups is 1. The van der Waals surface area contributed by atoms with E-state index in [4.69, 9.17) is 0 Å². The first-order chi connectivity index (χ1) is 12.7. The number of anilines is 1. The SMILES string of the molecule is Cc1ccc2ccc(C(Nc3ccncc3)c3cccnc3)c(O)c2n1. The lowest BCUT2D eigenvalue weighted by Gasteiger charge is -2.22. The molecule has 3 aromatic heterocycles. The molecule has 128 valence electrons. The van der Waals surface area contributed by atoms with E-state index in [1.54, 1.807) is 24.8 Å². The monoisotopic (exact) mass is 342 g/mol. The van der Waals surface area contributed by atoms with Crippen molar-refractivity contribution in [3.63, 3.8) is 0 Å². The first-order valence-electron chi connectivity index (χ1n) is 8.38. The maximum Gasteiger partial charge on any atom is 0.147 e. The minimum atomic E-state index is -0.266. The summed E-state index contributed by atoms with van der Waals surface area (Å²) in [5.41, 5.74) is 4.08. The highest BCUT2D eigenvalue weighted by Crippen LogP contribution is 2.36. The summed E-state index contributed by atoms with van der Waals surface area (Å²) in [6.07, 6.45) is 6.99. The molecule has 4 aromatic rings. The van der Waals surface area contributed by atoms with Crippen LogP contribution in [0.2, 0.25) is 0 Å². The Hall–Kier alpha value is -3.47. The molecule has 1 atom stereocenters. The zero-order valence-electron chi connectivity index (χ0n) is 14.3. The van der Waals surface area contributed by atoms with Crippen molar-refractivity contribution >= 4 is 16.6 Å². The largest absolute Gasteiger partial charge is 0.505 e. The third-order valence-corrected chi connectivity index (χ3v) is 4.33. The van der Waals surface area contributed by atoms with Gasteiger partial charge in [0.1, 0.15) is 11.3 Å². The van der Waals surface area contributed by atoms with Gasteiger partial charge in [-0.3, -0.25) is 9.97 Å². The highest BCUT2D eigenvalue weighted by Gasteiger charge is 2.20. The smallest absolute Gasteiger partial charge is 0.147 e. The van der Waals surface area contributed by atoms with Crippen molar-refractivity contribution in [1.82, 2.24) is 15.0 Å². The van der Waals surface area contributed by atoms with Crippen molar-refractivity contribution in [3.8, 4) is 5.75 Å². The van der Waals surface area contributed by atoms with Crippen LogP contribution in [0.25, 0.3) is 10.9 Å². The Morgan fingerprint density at radius 3 is 2.50 bits per heavy atom. The summed E-state index contributed by atoms with van der Waals surface area (Å²) in [7, 11) is 0. The summed E-state index contributed by atoms with van der Waals surface area (Å²) < 4.78 is 0. The van der Waals surface area contributed by atoms with Gasteiger partial charge in [-0.25, -0.2) is 4.98 Å². The molecule has 3 heterocycles. The van der Waals surface area contributed by atoms with E-state index in [2.05, 4.69) is 20.3 Å². The maximum atomic E-state index is 10.9. The van der Waals surface area contributed by atoms with Gasteiger partial charge in [-0.15, -0.1) is 0 Å². The van der Waals surface area contributed by atoms with Crippen molar-refractivity contribution < 1.29 is 5.11 Å². The van der Waals surface area contributed by atoms with Gasteiger partial charge in [0.05, 0.1) is 6.04 Å². The summed E-state index contributed by atoms with van der Waals surface area (Å²) in [4.78, 5) is 12.8. The standard InChI is InChI=1S/C21H18N4O/c1-14-4-5-15-6-7-18(21(26)20(15)24-14)19(16-3-2-10-23-13-16)25-17-8-11-22-12-9-17/h2-13,19,26H,1H3,(H,22,25). The van der Waals surface area contributed by atoms with Crippen LogP contribution in [0.1, 0.15) is 22.9 Å². The second kappa shape index (κ2) is 6.80. The lowest BCUT2D eigenvalue weighted by Crippen LogP contribution is -2.13. The molecule has 4 rings (SSSR count). The van der Waals surface area contributed by atoms with Gasteiger partial charge in [0.25, 0.3) is 0 Å². The molecule has 26 heavy (non-hydrogen) atoms. The topological polar surface area (TPSA) is 70.9 Å². The number of aromatic nitrogens is 3. The van der Waals surface area contributed by atoms with E-state index in [0.29, 0.717) is 5.52 Å². The average Bonchev–Trinajstić information content (AvgIpc) is 2.69. The molecule has 1 unspecified atom stereocenters. The number of aryl methyl sites for hydroxylation is 1. The number of pyridine rings is 3. The Morgan fingerprint density at radius 2 is 1.73 bits per heavy atom. The summed E-state index contributed by atoms with van der Waals surface area (Å²) in [6, 6.07) is 15.2. The molecule has 0 amide bonds. The van der Waals surface area contributed by atoms with Gasteiger partial charge in [-0.05, 0) is 36.8 Å². The van der Waals surface area contributed by atoms with E-state index in [1.165, 1.54) is 0 Å². The third kappa shape index (κ3) is 3.07. The van der Waals surface area contributed by atoms with Crippen LogP contribution in [0.4, 0.5) is 5.69 Å². The fourth-order valence-corrected chi connectivity index (χ4v) is 3.02. The molecular formula is C21H18N4O. The van der Waals surface area contributed by atoms with Gasteiger partial charge >= 0.3 is 0 Å². The summed E-state index contributed by atoms with van der Waals surface area (Å²) in [5.74, 6) is 0.182. The van der Waals surface area contributed by atoms with Gasteiger partial charge in [0.2, 0.25) is 0 Å². The molecule has 5 nitrogen and oxygen atoms in total. The Kier molecular flexibility index (Phi) is 4.19. The molecule has 0 aliphatic carbocycles. The second-order valence-corrected chi connectivity index (χ2v) is 6.13. The fourth-order valence-electron chi connectivity index (χ4n) is 3.02. The van der Waals surface area contributed by atoms with E-state index < -0.39 is 0 Å². The number of phenols is 1. The van der Waals surface area contributed by atoms with Crippen molar-refractivity contribution in [2.24, 2.45) is 0 Å². The quantitative estimate of drug-likeness (QED) is 0.580. The van der Waals surface area contributed by atoms with Crippen LogP contribution < -0.4 is 5.32 Å². The number of benzene rings is 1. The molecule has 0 fully saturated rings. The molecule has 2 N–H and O–H groups in total. The molecule has 0 saturated carbocycles. The zero-order valence-corrected chi connectivity index (χ0v) is 14.3. The molecular weight excluding hydrogens is 324 g/mol.